The first kappa shape index (κ1) is 15.1. The Morgan fingerprint density at radius 1 is 1.19 bits per heavy atom. The van der Waals surface area contributed by atoms with Crippen LogP contribution in [0.25, 0.3) is 16.7 Å². The van der Waals surface area contributed by atoms with Crippen molar-refractivity contribution in [3.05, 3.63) is 56.7 Å². The van der Waals surface area contributed by atoms with Crippen molar-refractivity contribution in [3.8, 4) is 5.69 Å². The zero-order valence-corrected chi connectivity index (χ0v) is 15.5. The molecule has 21 heavy (non-hydrogen) atoms. The molecule has 5 heteroatoms. The van der Waals surface area contributed by atoms with Crippen LogP contribution in [0.5, 0.6) is 0 Å². The maximum Gasteiger partial charge on any atom is 0.132 e. The Bertz CT molecular complexity index is 825. The minimum Gasteiger partial charge on any atom is -0.294 e. The van der Waals surface area contributed by atoms with Crippen LogP contribution in [0.4, 0.5) is 0 Å². The van der Waals surface area contributed by atoms with Gasteiger partial charge >= 0.3 is 0 Å². The molecule has 0 aliphatic rings. The second-order valence-electron chi connectivity index (χ2n) is 4.96. The number of rotatable bonds is 2. The van der Waals surface area contributed by atoms with Gasteiger partial charge in [0.1, 0.15) is 5.82 Å². The number of imidazole rings is 1. The third-order valence-electron chi connectivity index (χ3n) is 3.42. The van der Waals surface area contributed by atoms with Crippen molar-refractivity contribution in [2.24, 2.45) is 0 Å². The average molecular weight is 429 g/mol. The topological polar surface area (TPSA) is 17.8 Å². The van der Waals surface area contributed by atoms with Gasteiger partial charge in [0.05, 0.1) is 22.1 Å². The summed E-state index contributed by atoms with van der Waals surface area (Å²) in [4.78, 5) is 4.75. The van der Waals surface area contributed by atoms with E-state index < -0.39 is 0 Å². The number of alkyl halides is 1. The van der Waals surface area contributed by atoms with E-state index in [1.807, 2.05) is 25.1 Å². The molecule has 1 atom stereocenters. The van der Waals surface area contributed by atoms with Crippen LogP contribution >= 0.6 is 43.5 Å². The highest BCUT2D eigenvalue weighted by Gasteiger charge is 2.18. The van der Waals surface area contributed by atoms with Crippen LogP contribution in [0.3, 0.4) is 0 Å². The summed E-state index contributed by atoms with van der Waals surface area (Å²) in [5, 5.41) is -0.174. The lowest BCUT2D eigenvalue weighted by molar-refractivity contribution is 0.880. The van der Waals surface area contributed by atoms with Crippen LogP contribution in [-0.4, -0.2) is 9.55 Å². The molecule has 1 unspecified atom stereocenters. The normalized spacial score (nSPS) is 12.8. The fraction of sp³-hybridized carbons (Fsp3) is 0.188. The van der Waals surface area contributed by atoms with E-state index in [4.69, 9.17) is 16.6 Å². The smallest absolute Gasteiger partial charge is 0.132 e. The minimum absolute atomic E-state index is 0.174. The molecule has 1 heterocycles. The predicted octanol–water partition coefficient (Wildman–Crippen LogP) is 6.16. The van der Waals surface area contributed by atoms with Crippen molar-refractivity contribution in [1.82, 2.24) is 9.55 Å². The SMILES string of the molecule is Cc1cccc2c1nc(C(C)Cl)n2-c1ccc(Br)cc1Br. The molecule has 108 valence electrons. The number of hydrogen-bond donors (Lipinski definition) is 0. The third-order valence-corrected chi connectivity index (χ3v) is 4.74. The van der Waals surface area contributed by atoms with Crippen LogP contribution in [0.1, 0.15) is 23.7 Å². The van der Waals surface area contributed by atoms with E-state index in [0.29, 0.717) is 0 Å². The van der Waals surface area contributed by atoms with Crippen LogP contribution in [0.2, 0.25) is 0 Å². The molecule has 0 radical (unpaired) electrons. The van der Waals surface area contributed by atoms with Crippen molar-refractivity contribution in [2.45, 2.75) is 19.2 Å². The van der Waals surface area contributed by atoms with Gasteiger partial charge in [0.25, 0.3) is 0 Å². The highest BCUT2D eigenvalue weighted by Crippen LogP contribution is 2.33. The molecule has 2 aromatic carbocycles. The Kier molecular flexibility index (Phi) is 4.12. The quantitative estimate of drug-likeness (QED) is 0.447. The summed E-state index contributed by atoms with van der Waals surface area (Å²) in [6.45, 7) is 4.01. The molecule has 0 spiro atoms. The maximum absolute atomic E-state index is 6.36. The van der Waals surface area contributed by atoms with E-state index in [0.717, 1.165) is 37.1 Å². The Balaban J connectivity index is 2.39. The van der Waals surface area contributed by atoms with Crippen molar-refractivity contribution in [1.29, 1.82) is 0 Å². The van der Waals surface area contributed by atoms with Crippen LogP contribution in [0, 0.1) is 6.92 Å². The van der Waals surface area contributed by atoms with Gasteiger partial charge in [-0.3, -0.25) is 4.57 Å². The van der Waals surface area contributed by atoms with E-state index in [9.17, 15) is 0 Å². The van der Waals surface area contributed by atoms with Gasteiger partial charge in [-0.25, -0.2) is 4.98 Å². The summed E-state index contributed by atoms with van der Waals surface area (Å²) < 4.78 is 4.15. The van der Waals surface area contributed by atoms with Crippen LogP contribution in [-0.2, 0) is 0 Å². The summed E-state index contributed by atoms with van der Waals surface area (Å²) in [5.74, 6) is 0.851. The van der Waals surface area contributed by atoms with E-state index in [-0.39, 0.29) is 5.38 Å². The lowest BCUT2D eigenvalue weighted by Gasteiger charge is -2.12. The fourth-order valence-corrected chi connectivity index (χ4v) is 3.81. The maximum atomic E-state index is 6.36. The van der Waals surface area contributed by atoms with E-state index in [1.54, 1.807) is 0 Å². The molecule has 0 amide bonds. The van der Waals surface area contributed by atoms with Crippen molar-refractivity contribution < 1.29 is 0 Å². The van der Waals surface area contributed by atoms with Gasteiger partial charge in [-0.15, -0.1) is 11.6 Å². The fourth-order valence-electron chi connectivity index (χ4n) is 2.44. The summed E-state index contributed by atoms with van der Waals surface area (Å²) >= 11 is 13.5. The standard InChI is InChI=1S/C16H13Br2ClN2/c1-9-4-3-5-14-15(9)20-16(10(2)19)21(14)13-7-6-11(17)8-12(13)18/h3-8,10H,1-2H3. The molecule has 0 saturated carbocycles. The second kappa shape index (κ2) is 5.75. The van der Waals surface area contributed by atoms with Gasteiger partial charge in [-0.05, 0) is 59.6 Å². The molecule has 3 aromatic rings. The monoisotopic (exact) mass is 426 g/mol. The first-order valence-electron chi connectivity index (χ1n) is 6.56. The Morgan fingerprint density at radius 2 is 1.95 bits per heavy atom. The van der Waals surface area contributed by atoms with Gasteiger partial charge in [0, 0.05) is 8.95 Å². The molecular weight excluding hydrogens is 415 g/mol. The van der Waals surface area contributed by atoms with Crippen molar-refractivity contribution >= 4 is 54.5 Å². The van der Waals surface area contributed by atoms with E-state index in [2.05, 4.69) is 61.5 Å². The van der Waals surface area contributed by atoms with E-state index >= 15 is 0 Å². The molecule has 3 rings (SSSR count). The Hall–Kier alpha value is -0.840. The number of aryl methyl sites for hydroxylation is 1. The summed E-state index contributed by atoms with van der Waals surface area (Å²) in [6, 6.07) is 12.3. The molecule has 0 N–H and O–H groups in total. The summed E-state index contributed by atoms with van der Waals surface area (Å²) in [5.41, 5.74) is 4.25. The largest absolute Gasteiger partial charge is 0.294 e. The highest BCUT2D eigenvalue weighted by molar-refractivity contribution is 9.11. The zero-order chi connectivity index (χ0) is 15.1. The number of benzene rings is 2. The lowest BCUT2D eigenvalue weighted by atomic mass is 10.2. The molecular formula is C16H13Br2ClN2. The molecule has 0 aliphatic carbocycles. The van der Waals surface area contributed by atoms with Gasteiger partial charge in [0.15, 0.2) is 0 Å². The number of fused-ring (bicyclic) bond motifs is 1. The molecule has 0 saturated heterocycles. The predicted molar refractivity (Wildman–Crippen MR) is 95.5 cm³/mol. The summed E-state index contributed by atoms with van der Waals surface area (Å²) in [7, 11) is 0. The molecule has 2 nitrogen and oxygen atoms in total. The number of para-hydroxylation sites is 1. The first-order valence-corrected chi connectivity index (χ1v) is 8.58. The number of hydrogen-bond acceptors (Lipinski definition) is 1. The van der Waals surface area contributed by atoms with Crippen molar-refractivity contribution in [3.63, 3.8) is 0 Å². The Labute approximate surface area is 145 Å². The molecule has 0 aliphatic heterocycles. The third kappa shape index (κ3) is 2.65. The highest BCUT2D eigenvalue weighted by atomic mass is 79.9. The van der Waals surface area contributed by atoms with Crippen LogP contribution < -0.4 is 0 Å². The van der Waals surface area contributed by atoms with Gasteiger partial charge < -0.3 is 0 Å². The number of aromatic nitrogens is 2. The average Bonchev–Trinajstić information content (AvgIpc) is 2.80. The molecule has 0 fully saturated rings. The zero-order valence-electron chi connectivity index (χ0n) is 11.6. The van der Waals surface area contributed by atoms with Crippen LogP contribution in [0.15, 0.2) is 45.3 Å². The van der Waals surface area contributed by atoms with Gasteiger partial charge in [-0.2, -0.15) is 0 Å². The number of halogens is 3. The van der Waals surface area contributed by atoms with Crippen molar-refractivity contribution in [2.75, 3.05) is 0 Å². The second-order valence-corrected chi connectivity index (χ2v) is 7.38. The minimum atomic E-state index is -0.174. The Morgan fingerprint density at radius 3 is 2.62 bits per heavy atom. The van der Waals surface area contributed by atoms with E-state index in [1.165, 1.54) is 0 Å². The lowest BCUT2D eigenvalue weighted by Crippen LogP contribution is -2.02. The van der Waals surface area contributed by atoms with Gasteiger partial charge in [0.2, 0.25) is 0 Å². The molecule has 0 bridgehead atoms. The summed E-state index contributed by atoms with van der Waals surface area (Å²) in [6.07, 6.45) is 0. The first-order chi connectivity index (χ1) is 9.99. The number of nitrogens with zero attached hydrogens (tertiary/aromatic N) is 2. The molecule has 1 aromatic heterocycles. The van der Waals surface area contributed by atoms with Gasteiger partial charge in [-0.1, -0.05) is 28.1 Å².